The number of nitrogens with one attached hydrogen (secondary N) is 2. The molecule has 0 radical (unpaired) electrons. The maximum atomic E-state index is 11.7. The second-order valence-corrected chi connectivity index (χ2v) is 5.42. The van der Waals surface area contributed by atoms with Crippen molar-refractivity contribution in [3.05, 3.63) is 35.3 Å². The van der Waals surface area contributed by atoms with Crippen molar-refractivity contribution < 1.29 is 4.79 Å². The summed E-state index contributed by atoms with van der Waals surface area (Å²) in [7, 11) is 1.97. The number of carbonyl (C=O) groups excluding carboxylic acids is 1. The first-order valence-electron chi connectivity index (χ1n) is 7.58. The second-order valence-electron chi connectivity index (χ2n) is 5.42. The average Bonchev–Trinajstić information content (AvgIpc) is 2.91. The highest BCUT2D eigenvalue weighted by molar-refractivity contribution is 5.92. The lowest BCUT2D eigenvalue weighted by molar-refractivity contribution is 0.0950. The molecule has 0 aromatic carbocycles. The van der Waals surface area contributed by atoms with Gasteiger partial charge in [0, 0.05) is 24.8 Å². The van der Waals surface area contributed by atoms with Crippen molar-refractivity contribution in [2.24, 2.45) is 7.05 Å². The molecule has 0 spiro atoms. The fourth-order valence-corrected chi connectivity index (χ4v) is 2.82. The van der Waals surface area contributed by atoms with Crippen molar-refractivity contribution in [2.75, 3.05) is 11.9 Å². The highest BCUT2D eigenvalue weighted by Crippen LogP contribution is 2.31. The van der Waals surface area contributed by atoms with Gasteiger partial charge in [0.05, 0.1) is 12.2 Å². The van der Waals surface area contributed by atoms with E-state index in [0.717, 1.165) is 19.3 Å². The Morgan fingerprint density at radius 2 is 2.27 bits per heavy atom. The molecular weight excluding hydrogens is 280 g/mol. The van der Waals surface area contributed by atoms with Crippen molar-refractivity contribution in [3.8, 4) is 0 Å². The molecule has 1 atom stereocenters. The molecule has 0 saturated heterocycles. The Balaban J connectivity index is 1.73. The zero-order valence-corrected chi connectivity index (χ0v) is 12.8. The predicted octanol–water partition coefficient (Wildman–Crippen LogP) is 1.45. The first kappa shape index (κ1) is 14.5. The minimum Gasteiger partial charge on any atom is -0.362 e. The topological polar surface area (TPSA) is 84.7 Å². The molecule has 22 heavy (non-hydrogen) atoms. The van der Waals surface area contributed by atoms with Gasteiger partial charge >= 0.3 is 0 Å². The molecule has 0 fully saturated rings. The average molecular weight is 300 g/mol. The Bertz CT molecular complexity index is 663. The van der Waals surface area contributed by atoms with Gasteiger partial charge in [-0.25, -0.2) is 0 Å². The minimum atomic E-state index is -0.200. The van der Waals surface area contributed by atoms with E-state index >= 15 is 0 Å². The van der Waals surface area contributed by atoms with Crippen LogP contribution in [0.4, 0.5) is 5.82 Å². The number of aryl methyl sites for hydroxylation is 1. The van der Waals surface area contributed by atoms with Crippen molar-refractivity contribution in [3.63, 3.8) is 0 Å². The van der Waals surface area contributed by atoms with E-state index in [0.29, 0.717) is 18.1 Å². The van der Waals surface area contributed by atoms with Crippen molar-refractivity contribution >= 4 is 11.7 Å². The molecule has 116 valence electrons. The monoisotopic (exact) mass is 300 g/mol. The van der Waals surface area contributed by atoms with E-state index in [1.807, 2.05) is 24.9 Å². The van der Waals surface area contributed by atoms with E-state index in [-0.39, 0.29) is 11.9 Å². The summed E-state index contributed by atoms with van der Waals surface area (Å²) in [6.07, 6.45) is 5.14. The number of aromatic nitrogens is 4. The van der Waals surface area contributed by atoms with Gasteiger partial charge in [0.1, 0.15) is 5.82 Å². The summed E-state index contributed by atoms with van der Waals surface area (Å²) in [5, 5.41) is 18.5. The normalized spacial score (nSPS) is 16.9. The van der Waals surface area contributed by atoms with E-state index in [1.165, 1.54) is 11.3 Å². The number of nitrogens with zero attached hydrogens (tertiary/aromatic N) is 4. The van der Waals surface area contributed by atoms with Crippen molar-refractivity contribution in [1.29, 1.82) is 0 Å². The van der Waals surface area contributed by atoms with Gasteiger partial charge < -0.3 is 10.6 Å². The molecule has 2 aromatic rings. The van der Waals surface area contributed by atoms with Gasteiger partial charge in [0.2, 0.25) is 0 Å². The maximum Gasteiger partial charge on any atom is 0.271 e. The van der Waals surface area contributed by atoms with Gasteiger partial charge in [-0.1, -0.05) is 0 Å². The highest BCUT2D eigenvalue weighted by Gasteiger charge is 2.23. The van der Waals surface area contributed by atoms with Crippen LogP contribution in [0.2, 0.25) is 0 Å². The number of hydrogen-bond acceptors (Lipinski definition) is 5. The van der Waals surface area contributed by atoms with E-state index in [1.54, 1.807) is 12.1 Å². The fourth-order valence-electron chi connectivity index (χ4n) is 2.82. The van der Waals surface area contributed by atoms with Crippen LogP contribution in [-0.4, -0.2) is 32.4 Å². The quantitative estimate of drug-likeness (QED) is 0.892. The molecule has 7 nitrogen and oxygen atoms in total. The molecule has 0 saturated carbocycles. The molecule has 0 aliphatic heterocycles. The fraction of sp³-hybridized carbons (Fsp3) is 0.467. The van der Waals surface area contributed by atoms with Crippen LogP contribution < -0.4 is 10.6 Å². The van der Waals surface area contributed by atoms with Crippen molar-refractivity contribution in [1.82, 2.24) is 25.3 Å². The summed E-state index contributed by atoms with van der Waals surface area (Å²) in [5.74, 6) is 0.475. The zero-order chi connectivity index (χ0) is 15.5. The van der Waals surface area contributed by atoms with Gasteiger partial charge in [0.25, 0.3) is 5.91 Å². The zero-order valence-electron chi connectivity index (χ0n) is 12.8. The number of rotatable bonds is 4. The van der Waals surface area contributed by atoms with E-state index in [4.69, 9.17) is 0 Å². The van der Waals surface area contributed by atoms with Crippen LogP contribution in [0.3, 0.4) is 0 Å². The van der Waals surface area contributed by atoms with E-state index < -0.39 is 0 Å². The molecular formula is C15H20N6O. The third-order valence-electron chi connectivity index (χ3n) is 3.93. The first-order valence-corrected chi connectivity index (χ1v) is 7.58. The standard InChI is InChI=1S/C15H20N6O/c1-3-16-15(22)12-7-8-14(20-19-12)18-11-5-4-6-13-10(11)9-17-21(13)2/h7-9,11H,3-6H2,1-2H3,(H,16,22)(H,18,20)/t11-/m1/s1. The number of carbonyl (C=O) groups is 1. The Morgan fingerprint density at radius 3 is 3.00 bits per heavy atom. The van der Waals surface area contributed by atoms with Crippen LogP contribution in [-0.2, 0) is 13.5 Å². The molecule has 2 heterocycles. The van der Waals surface area contributed by atoms with Gasteiger partial charge in [-0.15, -0.1) is 10.2 Å². The van der Waals surface area contributed by atoms with Gasteiger partial charge in [-0.3, -0.25) is 9.48 Å². The van der Waals surface area contributed by atoms with Crippen LogP contribution in [0.15, 0.2) is 18.3 Å². The lowest BCUT2D eigenvalue weighted by atomic mass is 9.93. The molecule has 1 aliphatic carbocycles. The van der Waals surface area contributed by atoms with E-state index in [2.05, 4.69) is 25.9 Å². The number of hydrogen-bond donors (Lipinski definition) is 2. The lowest BCUT2D eigenvalue weighted by Gasteiger charge is -2.24. The predicted molar refractivity (Wildman–Crippen MR) is 82.5 cm³/mol. The highest BCUT2D eigenvalue weighted by atomic mass is 16.1. The molecule has 1 amide bonds. The molecule has 2 N–H and O–H groups in total. The Kier molecular flexibility index (Phi) is 4.04. The Labute approximate surface area is 129 Å². The van der Waals surface area contributed by atoms with Gasteiger partial charge in [-0.2, -0.15) is 5.10 Å². The van der Waals surface area contributed by atoms with Crippen LogP contribution in [0.5, 0.6) is 0 Å². The van der Waals surface area contributed by atoms with Crippen LogP contribution >= 0.6 is 0 Å². The van der Waals surface area contributed by atoms with Gasteiger partial charge in [-0.05, 0) is 38.3 Å². The van der Waals surface area contributed by atoms with Gasteiger partial charge in [0.15, 0.2) is 5.69 Å². The second kappa shape index (κ2) is 6.13. The minimum absolute atomic E-state index is 0.196. The number of anilines is 1. The maximum absolute atomic E-state index is 11.7. The molecule has 0 bridgehead atoms. The van der Waals surface area contributed by atoms with Crippen LogP contribution in [0.1, 0.15) is 47.6 Å². The first-order chi connectivity index (χ1) is 10.7. The Hall–Kier alpha value is -2.44. The number of fused-ring (bicyclic) bond motifs is 1. The van der Waals surface area contributed by atoms with E-state index in [9.17, 15) is 4.79 Å². The molecule has 7 heteroatoms. The largest absolute Gasteiger partial charge is 0.362 e. The smallest absolute Gasteiger partial charge is 0.271 e. The van der Waals surface area contributed by atoms with Crippen LogP contribution in [0, 0.1) is 0 Å². The summed E-state index contributed by atoms with van der Waals surface area (Å²) >= 11 is 0. The molecule has 1 aliphatic rings. The molecule has 3 rings (SSSR count). The Morgan fingerprint density at radius 1 is 1.41 bits per heavy atom. The van der Waals surface area contributed by atoms with Crippen LogP contribution in [0.25, 0.3) is 0 Å². The molecule has 0 unspecified atom stereocenters. The SMILES string of the molecule is CCNC(=O)c1ccc(N[C@@H]2CCCc3c2cnn3C)nn1. The summed E-state index contributed by atoms with van der Waals surface area (Å²) in [6, 6.07) is 3.68. The third-order valence-corrected chi connectivity index (χ3v) is 3.93. The lowest BCUT2D eigenvalue weighted by Crippen LogP contribution is -2.24. The number of amides is 1. The summed E-state index contributed by atoms with van der Waals surface area (Å²) < 4.78 is 1.94. The summed E-state index contributed by atoms with van der Waals surface area (Å²) in [5.41, 5.74) is 2.83. The third kappa shape index (κ3) is 2.79. The van der Waals surface area contributed by atoms with Crippen molar-refractivity contribution in [2.45, 2.75) is 32.2 Å². The summed E-state index contributed by atoms with van der Waals surface area (Å²) in [4.78, 5) is 11.7. The molecule has 2 aromatic heterocycles. The summed E-state index contributed by atoms with van der Waals surface area (Å²) in [6.45, 7) is 2.45.